The van der Waals surface area contributed by atoms with E-state index < -0.39 is 0 Å². The Bertz CT molecular complexity index is 388. The first kappa shape index (κ1) is 15.9. The SMILES string of the molecule is O=C(NCCOCCO)NCCc1cccc(Br)c1. The number of hydrogen-bond acceptors (Lipinski definition) is 3. The van der Waals surface area contributed by atoms with E-state index in [1.165, 1.54) is 5.56 Å². The molecule has 106 valence electrons. The van der Waals surface area contributed by atoms with Gasteiger partial charge in [-0.2, -0.15) is 0 Å². The minimum absolute atomic E-state index is 0.00116. The van der Waals surface area contributed by atoms with Crippen molar-refractivity contribution in [2.45, 2.75) is 6.42 Å². The van der Waals surface area contributed by atoms with Gasteiger partial charge in [-0.1, -0.05) is 28.1 Å². The molecule has 1 aromatic carbocycles. The number of nitrogens with one attached hydrogen (secondary N) is 2. The number of urea groups is 1. The molecule has 0 saturated carbocycles. The van der Waals surface area contributed by atoms with E-state index in [1.54, 1.807) is 0 Å². The molecule has 1 aromatic rings. The number of hydrogen-bond donors (Lipinski definition) is 3. The van der Waals surface area contributed by atoms with Gasteiger partial charge in [0, 0.05) is 17.6 Å². The lowest BCUT2D eigenvalue weighted by Crippen LogP contribution is -2.38. The summed E-state index contributed by atoms with van der Waals surface area (Å²) in [6.07, 6.45) is 0.786. The molecule has 0 saturated heterocycles. The highest BCUT2D eigenvalue weighted by Gasteiger charge is 1.99. The van der Waals surface area contributed by atoms with E-state index >= 15 is 0 Å². The van der Waals surface area contributed by atoms with Gasteiger partial charge in [0.1, 0.15) is 0 Å². The Morgan fingerprint density at radius 2 is 2.05 bits per heavy atom. The van der Waals surface area contributed by atoms with Crippen LogP contribution in [-0.2, 0) is 11.2 Å². The van der Waals surface area contributed by atoms with Gasteiger partial charge in [0.15, 0.2) is 0 Å². The Balaban J connectivity index is 2.07. The van der Waals surface area contributed by atoms with Crippen molar-refractivity contribution in [1.29, 1.82) is 0 Å². The van der Waals surface area contributed by atoms with Gasteiger partial charge < -0.3 is 20.5 Å². The van der Waals surface area contributed by atoms with E-state index in [1.807, 2.05) is 24.3 Å². The molecule has 1 rings (SSSR count). The van der Waals surface area contributed by atoms with Gasteiger partial charge in [0.2, 0.25) is 0 Å². The van der Waals surface area contributed by atoms with E-state index in [0.717, 1.165) is 10.9 Å². The maximum atomic E-state index is 11.4. The lowest BCUT2D eigenvalue weighted by atomic mass is 10.1. The summed E-state index contributed by atoms with van der Waals surface area (Å²) in [7, 11) is 0. The van der Waals surface area contributed by atoms with Gasteiger partial charge in [0.25, 0.3) is 0 Å². The lowest BCUT2D eigenvalue weighted by Gasteiger charge is -2.08. The zero-order valence-electron chi connectivity index (χ0n) is 10.7. The van der Waals surface area contributed by atoms with Crippen LogP contribution in [0.25, 0.3) is 0 Å². The quantitative estimate of drug-likeness (QED) is 0.629. The third kappa shape index (κ3) is 7.81. The van der Waals surface area contributed by atoms with Crippen LogP contribution in [0.3, 0.4) is 0 Å². The molecule has 0 aliphatic heterocycles. The molecule has 19 heavy (non-hydrogen) atoms. The molecule has 0 aliphatic carbocycles. The number of aliphatic hydroxyl groups excluding tert-OH is 1. The van der Waals surface area contributed by atoms with Crippen LogP contribution in [0.2, 0.25) is 0 Å². The van der Waals surface area contributed by atoms with Gasteiger partial charge in [0.05, 0.1) is 19.8 Å². The lowest BCUT2D eigenvalue weighted by molar-refractivity contribution is 0.0947. The number of aliphatic hydroxyl groups is 1. The zero-order valence-corrected chi connectivity index (χ0v) is 12.3. The summed E-state index contributed by atoms with van der Waals surface area (Å²) in [5.74, 6) is 0. The topological polar surface area (TPSA) is 70.6 Å². The Kier molecular flexibility index (Phi) is 8.20. The second kappa shape index (κ2) is 9.77. The maximum absolute atomic E-state index is 11.4. The molecule has 0 heterocycles. The van der Waals surface area contributed by atoms with E-state index in [2.05, 4.69) is 26.6 Å². The Morgan fingerprint density at radius 3 is 2.79 bits per heavy atom. The van der Waals surface area contributed by atoms with Crippen LogP contribution in [0, 0.1) is 0 Å². The normalized spacial score (nSPS) is 10.2. The van der Waals surface area contributed by atoms with Crippen LogP contribution < -0.4 is 10.6 Å². The first-order chi connectivity index (χ1) is 9.22. The number of benzene rings is 1. The van der Waals surface area contributed by atoms with Gasteiger partial charge in [-0.05, 0) is 24.1 Å². The Hall–Kier alpha value is -1.11. The molecule has 0 atom stereocenters. The van der Waals surface area contributed by atoms with Crippen molar-refractivity contribution in [2.24, 2.45) is 0 Å². The molecule has 5 nitrogen and oxygen atoms in total. The smallest absolute Gasteiger partial charge is 0.314 e. The highest BCUT2D eigenvalue weighted by atomic mass is 79.9. The number of carbonyl (C=O) groups excluding carboxylic acids is 1. The summed E-state index contributed by atoms with van der Waals surface area (Å²) in [4.78, 5) is 11.4. The van der Waals surface area contributed by atoms with Crippen molar-refractivity contribution >= 4 is 22.0 Å². The molecule has 0 fully saturated rings. The predicted molar refractivity (Wildman–Crippen MR) is 77.2 cm³/mol. The number of rotatable bonds is 8. The highest BCUT2D eigenvalue weighted by molar-refractivity contribution is 9.10. The maximum Gasteiger partial charge on any atom is 0.314 e. The van der Waals surface area contributed by atoms with Gasteiger partial charge in [-0.25, -0.2) is 4.79 Å². The number of halogens is 1. The van der Waals surface area contributed by atoms with Crippen molar-refractivity contribution in [3.05, 3.63) is 34.3 Å². The second-order valence-corrected chi connectivity index (χ2v) is 4.81. The van der Waals surface area contributed by atoms with Crippen LogP contribution in [-0.4, -0.2) is 44.0 Å². The Labute approximate surface area is 121 Å². The molecular formula is C13H19BrN2O3. The molecule has 0 aliphatic rings. The molecule has 6 heteroatoms. The summed E-state index contributed by atoms with van der Waals surface area (Å²) in [6, 6.07) is 7.78. The summed E-state index contributed by atoms with van der Waals surface area (Å²) < 4.78 is 6.06. The fourth-order valence-corrected chi connectivity index (χ4v) is 1.93. The third-order valence-electron chi connectivity index (χ3n) is 2.36. The van der Waals surface area contributed by atoms with Crippen molar-refractivity contribution in [3.8, 4) is 0 Å². The van der Waals surface area contributed by atoms with E-state index in [-0.39, 0.29) is 12.6 Å². The summed E-state index contributed by atoms with van der Waals surface area (Å²) >= 11 is 3.41. The van der Waals surface area contributed by atoms with Gasteiger partial charge >= 0.3 is 6.03 Å². The first-order valence-electron chi connectivity index (χ1n) is 6.17. The fraction of sp³-hybridized carbons (Fsp3) is 0.462. The van der Waals surface area contributed by atoms with Gasteiger partial charge in [-0.15, -0.1) is 0 Å². The van der Waals surface area contributed by atoms with E-state index in [9.17, 15) is 4.79 Å². The van der Waals surface area contributed by atoms with Crippen LogP contribution in [0.15, 0.2) is 28.7 Å². The van der Waals surface area contributed by atoms with Crippen molar-refractivity contribution in [3.63, 3.8) is 0 Å². The third-order valence-corrected chi connectivity index (χ3v) is 2.85. The average molecular weight is 331 g/mol. The molecule has 0 bridgehead atoms. The molecule has 0 spiro atoms. The van der Waals surface area contributed by atoms with E-state index in [0.29, 0.717) is 26.3 Å². The van der Waals surface area contributed by atoms with Crippen molar-refractivity contribution < 1.29 is 14.6 Å². The number of ether oxygens (including phenoxy) is 1. The summed E-state index contributed by atoms with van der Waals surface area (Å²) in [5.41, 5.74) is 1.17. The molecule has 3 N–H and O–H groups in total. The van der Waals surface area contributed by atoms with E-state index in [4.69, 9.17) is 9.84 Å². The van der Waals surface area contributed by atoms with Crippen molar-refractivity contribution in [1.82, 2.24) is 10.6 Å². The summed E-state index contributed by atoms with van der Waals surface area (Å²) in [5, 5.41) is 13.9. The zero-order chi connectivity index (χ0) is 13.9. The minimum atomic E-state index is -0.206. The largest absolute Gasteiger partial charge is 0.394 e. The second-order valence-electron chi connectivity index (χ2n) is 3.90. The average Bonchev–Trinajstić information content (AvgIpc) is 2.38. The number of amides is 2. The molecule has 0 unspecified atom stereocenters. The molecule has 0 radical (unpaired) electrons. The number of carbonyl (C=O) groups is 1. The predicted octanol–water partition coefficient (Wildman–Crippen LogP) is 1.30. The molecule has 2 amide bonds. The first-order valence-corrected chi connectivity index (χ1v) is 6.96. The monoisotopic (exact) mass is 330 g/mol. The van der Waals surface area contributed by atoms with Crippen molar-refractivity contribution in [2.75, 3.05) is 32.9 Å². The van der Waals surface area contributed by atoms with Crippen LogP contribution in [0.5, 0.6) is 0 Å². The molecular weight excluding hydrogens is 312 g/mol. The fourth-order valence-electron chi connectivity index (χ4n) is 1.48. The summed E-state index contributed by atoms with van der Waals surface area (Å²) in [6.45, 7) is 1.72. The minimum Gasteiger partial charge on any atom is -0.394 e. The van der Waals surface area contributed by atoms with Crippen LogP contribution in [0.1, 0.15) is 5.56 Å². The molecule has 0 aromatic heterocycles. The van der Waals surface area contributed by atoms with Gasteiger partial charge in [-0.3, -0.25) is 0 Å². The van der Waals surface area contributed by atoms with Crippen LogP contribution >= 0.6 is 15.9 Å². The Morgan fingerprint density at radius 1 is 1.26 bits per heavy atom. The van der Waals surface area contributed by atoms with Crippen LogP contribution in [0.4, 0.5) is 4.79 Å². The highest BCUT2D eigenvalue weighted by Crippen LogP contribution is 2.11. The standard InChI is InChI=1S/C13H19BrN2O3/c14-12-3-1-2-11(10-12)4-5-15-13(18)16-6-8-19-9-7-17/h1-3,10,17H,4-9H2,(H2,15,16,18).